The molecule has 0 aliphatic heterocycles. The number of Topliss-reactive ketones (excluding diaryl/α,β-unsaturated/α-hetero) is 1. The fourth-order valence-electron chi connectivity index (χ4n) is 1.92. The fourth-order valence-corrected chi connectivity index (χ4v) is 1.92. The van der Waals surface area contributed by atoms with Crippen molar-refractivity contribution in [3.05, 3.63) is 29.8 Å². The lowest BCUT2D eigenvalue weighted by Gasteiger charge is -2.16. The predicted molar refractivity (Wildman–Crippen MR) is 87.4 cm³/mol. The summed E-state index contributed by atoms with van der Waals surface area (Å²) in [5.74, 6) is 0.741. The molecule has 5 heteroatoms. The van der Waals surface area contributed by atoms with Crippen LogP contribution in [0.15, 0.2) is 24.3 Å². The molecule has 1 aromatic carbocycles. The van der Waals surface area contributed by atoms with Gasteiger partial charge in [-0.3, -0.25) is 9.59 Å². The molecule has 0 saturated carbocycles. The van der Waals surface area contributed by atoms with Gasteiger partial charge in [-0.15, -0.1) is 0 Å². The van der Waals surface area contributed by atoms with Crippen molar-refractivity contribution in [2.75, 3.05) is 33.8 Å². The minimum absolute atomic E-state index is 0.00787. The Kier molecular flexibility index (Phi) is 8.22. The third-order valence-corrected chi connectivity index (χ3v) is 3.34. The summed E-state index contributed by atoms with van der Waals surface area (Å²) in [5.41, 5.74) is 0.620. The highest BCUT2D eigenvalue weighted by atomic mass is 16.5. The van der Waals surface area contributed by atoms with E-state index in [1.165, 1.54) is 0 Å². The summed E-state index contributed by atoms with van der Waals surface area (Å²) in [7, 11) is 3.60. The van der Waals surface area contributed by atoms with E-state index in [-0.39, 0.29) is 24.5 Å². The number of hydrogen-bond donors (Lipinski definition) is 1. The van der Waals surface area contributed by atoms with Crippen LogP contribution in [-0.2, 0) is 4.79 Å². The number of carbonyl (C=O) groups is 2. The molecule has 0 radical (unpaired) electrons. The van der Waals surface area contributed by atoms with Crippen LogP contribution >= 0.6 is 0 Å². The van der Waals surface area contributed by atoms with Crippen molar-refractivity contribution < 1.29 is 14.3 Å². The Morgan fingerprint density at radius 2 is 1.86 bits per heavy atom. The van der Waals surface area contributed by atoms with Crippen LogP contribution in [0.1, 0.15) is 36.5 Å². The topological polar surface area (TPSA) is 58.6 Å². The minimum Gasteiger partial charge on any atom is -0.494 e. The Hall–Kier alpha value is -1.88. The third-order valence-electron chi connectivity index (χ3n) is 3.34. The fraction of sp³-hybridized carbons (Fsp3) is 0.529. The Balaban J connectivity index is 2.43. The Labute approximate surface area is 132 Å². The van der Waals surface area contributed by atoms with E-state index in [1.807, 2.05) is 14.0 Å². The maximum Gasteiger partial charge on any atom is 0.222 e. The van der Waals surface area contributed by atoms with Crippen molar-refractivity contribution in [1.29, 1.82) is 0 Å². The number of nitrogens with zero attached hydrogens (tertiary/aromatic N) is 1. The van der Waals surface area contributed by atoms with Crippen molar-refractivity contribution in [1.82, 2.24) is 10.2 Å². The van der Waals surface area contributed by atoms with E-state index in [9.17, 15) is 9.59 Å². The largest absolute Gasteiger partial charge is 0.494 e. The number of benzene rings is 1. The Morgan fingerprint density at radius 3 is 2.45 bits per heavy atom. The van der Waals surface area contributed by atoms with Gasteiger partial charge < -0.3 is 15.0 Å². The molecule has 5 nitrogen and oxygen atoms in total. The molecule has 0 fully saturated rings. The summed E-state index contributed by atoms with van der Waals surface area (Å²) in [4.78, 5) is 25.6. The molecule has 0 aliphatic carbocycles. The van der Waals surface area contributed by atoms with Crippen LogP contribution in [0.3, 0.4) is 0 Å². The molecule has 122 valence electrons. The van der Waals surface area contributed by atoms with Gasteiger partial charge in [-0.2, -0.15) is 0 Å². The maximum absolute atomic E-state index is 12.1. The lowest BCUT2D eigenvalue weighted by Crippen LogP contribution is -2.32. The summed E-state index contributed by atoms with van der Waals surface area (Å²) in [6, 6.07) is 7.10. The molecule has 0 heterocycles. The molecule has 0 atom stereocenters. The first-order valence-electron chi connectivity index (χ1n) is 7.73. The molecule has 0 spiro atoms. The predicted octanol–water partition coefficient (Wildman–Crippen LogP) is 2.12. The van der Waals surface area contributed by atoms with Gasteiger partial charge in [0, 0.05) is 38.5 Å². The number of ketones is 1. The Morgan fingerprint density at radius 1 is 1.18 bits per heavy atom. The lowest BCUT2D eigenvalue weighted by atomic mass is 10.1. The molecular weight excluding hydrogens is 280 g/mol. The standard InChI is InChI=1S/C17H26N2O3/c1-4-13-22-15-7-5-14(6-8-15)16(20)9-10-17(21)19(3)12-11-18-2/h5-8,18H,4,9-13H2,1-3H3. The SMILES string of the molecule is CCCOc1ccc(C(=O)CCC(=O)N(C)CCNC)cc1. The normalized spacial score (nSPS) is 10.3. The quantitative estimate of drug-likeness (QED) is 0.673. The van der Waals surface area contributed by atoms with E-state index in [2.05, 4.69) is 5.32 Å². The highest BCUT2D eigenvalue weighted by molar-refractivity contribution is 5.98. The van der Waals surface area contributed by atoms with Crippen LogP contribution in [0.4, 0.5) is 0 Å². The first-order chi connectivity index (χ1) is 10.6. The maximum atomic E-state index is 12.1. The molecule has 0 saturated heterocycles. The number of nitrogens with one attached hydrogen (secondary N) is 1. The van der Waals surface area contributed by atoms with Crippen molar-refractivity contribution >= 4 is 11.7 Å². The summed E-state index contributed by atoms with van der Waals surface area (Å²) < 4.78 is 5.48. The third kappa shape index (κ3) is 6.26. The van der Waals surface area contributed by atoms with Crippen molar-refractivity contribution in [3.63, 3.8) is 0 Å². The van der Waals surface area contributed by atoms with E-state index in [0.717, 1.165) is 18.7 Å². The van der Waals surface area contributed by atoms with Gasteiger partial charge in [0.25, 0.3) is 0 Å². The van der Waals surface area contributed by atoms with Gasteiger partial charge in [-0.25, -0.2) is 0 Å². The molecule has 1 rings (SSSR count). The van der Waals surface area contributed by atoms with E-state index in [1.54, 1.807) is 36.2 Å². The van der Waals surface area contributed by atoms with Crippen LogP contribution in [0.5, 0.6) is 5.75 Å². The van der Waals surface area contributed by atoms with Gasteiger partial charge in [0.1, 0.15) is 5.75 Å². The Bertz CT molecular complexity index is 471. The molecule has 0 aromatic heterocycles. The van der Waals surface area contributed by atoms with Gasteiger partial charge in [0.05, 0.1) is 6.61 Å². The number of likely N-dealkylation sites (N-methyl/N-ethyl adjacent to an activating group) is 2. The summed E-state index contributed by atoms with van der Waals surface area (Å²) in [5, 5.41) is 2.99. The zero-order valence-corrected chi connectivity index (χ0v) is 13.7. The summed E-state index contributed by atoms with van der Waals surface area (Å²) >= 11 is 0. The van der Waals surface area contributed by atoms with E-state index in [0.29, 0.717) is 18.7 Å². The van der Waals surface area contributed by atoms with Crippen LogP contribution in [0, 0.1) is 0 Å². The lowest BCUT2D eigenvalue weighted by molar-refractivity contribution is -0.129. The first-order valence-corrected chi connectivity index (χ1v) is 7.73. The smallest absolute Gasteiger partial charge is 0.222 e. The molecule has 0 bridgehead atoms. The number of rotatable bonds is 10. The molecule has 1 aromatic rings. The second-order valence-electron chi connectivity index (χ2n) is 5.21. The highest BCUT2D eigenvalue weighted by Gasteiger charge is 2.12. The van der Waals surface area contributed by atoms with E-state index in [4.69, 9.17) is 4.74 Å². The minimum atomic E-state index is -0.0163. The van der Waals surface area contributed by atoms with Crippen LogP contribution in [0.25, 0.3) is 0 Å². The molecular formula is C17H26N2O3. The second-order valence-corrected chi connectivity index (χ2v) is 5.21. The highest BCUT2D eigenvalue weighted by Crippen LogP contribution is 2.14. The number of carbonyl (C=O) groups excluding carboxylic acids is 2. The zero-order valence-electron chi connectivity index (χ0n) is 13.7. The van der Waals surface area contributed by atoms with Crippen LogP contribution in [-0.4, -0.2) is 50.4 Å². The van der Waals surface area contributed by atoms with Crippen molar-refractivity contribution in [2.45, 2.75) is 26.2 Å². The molecule has 0 aliphatic rings. The molecule has 0 unspecified atom stereocenters. The van der Waals surface area contributed by atoms with E-state index < -0.39 is 0 Å². The van der Waals surface area contributed by atoms with Crippen LogP contribution in [0.2, 0.25) is 0 Å². The number of amides is 1. The van der Waals surface area contributed by atoms with Gasteiger partial charge in [0.15, 0.2) is 5.78 Å². The number of ether oxygens (including phenoxy) is 1. The molecule has 1 amide bonds. The monoisotopic (exact) mass is 306 g/mol. The van der Waals surface area contributed by atoms with Gasteiger partial charge in [-0.05, 0) is 37.7 Å². The van der Waals surface area contributed by atoms with Crippen molar-refractivity contribution in [2.24, 2.45) is 0 Å². The average Bonchev–Trinajstić information content (AvgIpc) is 2.55. The van der Waals surface area contributed by atoms with Gasteiger partial charge in [0.2, 0.25) is 5.91 Å². The summed E-state index contributed by atoms with van der Waals surface area (Å²) in [6.07, 6.45) is 1.43. The van der Waals surface area contributed by atoms with Crippen molar-refractivity contribution in [3.8, 4) is 5.75 Å². The second kappa shape index (κ2) is 9.95. The van der Waals surface area contributed by atoms with Crippen LogP contribution < -0.4 is 10.1 Å². The molecule has 22 heavy (non-hydrogen) atoms. The summed E-state index contributed by atoms with van der Waals surface area (Å²) in [6.45, 7) is 4.10. The molecule has 1 N–H and O–H groups in total. The first kappa shape index (κ1) is 18.2. The van der Waals surface area contributed by atoms with E-state index >= 15 is 0 Å². The van der Waals surface area contributed by atoms with Gasteiger partial charge >= 0.3 is 0 Å². The number of hydrogen-bond acceptors (Lipinski definition) is 4. The average molecular weight is 306 g/mol. The van der Waals surface area contributed by atoms with Gasteiger partial charge in [-0.1, -0.05) is 6.92 Å². The zero-order chi connectivity index (χ0) is 16.4.